The first-order valence-electron chi connectivity index (χ1n) is 6.29. The second-order valence-electron chi connectivity index (χ2n) is 4.99. The molecule has 0 spiro atoms. The first kappa shape index (κ1) is 13.1. The molecule has 4 nitrogen and oxygen atoms in total. The van der Waals surface area contributed by atoms with Crippen LogP contribution in [0.2, 0.25) is 0 Å². The predicted molar refractivity (Wildman–Crippen MR) is 68.5 cm³/mol. The van der Waals surface area contributed by atoms with Crippen molar-refractivity contribution in [1.82, 2.24) is 4.90 Å². The fraction of sp³-hybridized carbons (Fsp3) is 0.500. The van der Waals surface area contributed by atoms with Gasteiger partial charge >= 0.3 is 5.97 Å². The van der Waals surface area contributed by atoms with Crippen LogP contribution in [0.4, 0.5) is 0 Å². The number of likely N-dealkylation sites (tertiary alicyclic amines) is 1. The summed E-state index contributed by atoms with van der Waals surface area (Å²) in [5, 5.41) is 18.3. The second-order valence-corrected chi connectivity index (χ2v) is 4.99. The summed E-state index contributed by atoms with van der Waals surface area (Å²) in [6, 6.07) is 7.20. The lowest BCUT2D eigenvalue weighted by Gasteiger charge is -2.25. The molecule has 0 aromatic heterocycles. The molecule has 2 atom stereocenters. The van der Waals surface area contributed by atoms with Gasteiger partial charge < -0.3 is 10.2 Å². The average Bonchev–Trinajstić information content (AvgIpc) is 2.70. The van der Waals surface area contributed by atoms with Crippen LogP contribution in [0.15, 0.2) is 24.3 Å². The zero-order chi connectivity index (χ0) is 13.1. The van der Waals surface area contributed by atoms with Gasteiger partial charge in [-0.2, -0.15) is 0 Å². The smallest absolute Gasteiger partial charge is 0.335 e. The number of carboxylic acid groups (broad SMARTS) is 1. The van der Waals surface area contributed by atoms with E-state index in [4.69, 9.17) is 5.11 Å². The Morgan fingerprint density at radius 1 is 1.50 bits per heavy atom. The highest BCUT2D eigenvalue weighted by atomic mass is 16.4. The third kappa shape index (κ3) is 2.71. The molecule has 1 aromatic rings. The predicted octanol–water partition coefficient (Wildman–Crippen LogP) is 1.59. The molecule has 2 unspecified atom stereocenters. The SMILES string of the molecule is CC1CCN(Cc2cccc(C(=O)O)c2)C1CO. The van der Waals surface area contributed by atoms with Gasteiger partial charge in [0.25, 0.3) is 0 Å². The fourth-order valence-electron chi connectivity index (χ4n) is 2.62. The Bertz CT molecular complexity index is 433. The van der Waals surface area contributed by atoms with Crippen LogP contribution in [0.5, 0.6) is 0 Å². The summed E-state index contributed by atoms with van der Waals surface area (Å²) in [4.78, 5) is 13.1. The molecule has 1 aliphatic heterocycles. The monoisotopic (exact) mass is 249 g/mol. The Kier molecular flexibility index (Phi) is 3.99. The molecule has 0 aliphatic carbocycles. The molecular weight excluding hydrogens is 230 g/mol. The summed E-state index contributed by atoms with van der Waals surface area (Å²) in [6.07, 6.45) is 1.09. The van der Waals surface area contributed by atoms with Crippen LogP contribution in [0.25, 0.3) is 0 Å². The van der Waals surface area contributed by atoms with E-state index in [1.165, 1.54) is 0 Å². The molecule has 1 saturated heterocycles. The van der Waals surface area contributed by atoms with E-state index in [2.05, 4.69) is 11.8 Å². The number of carbonyl (C=O) groups is 1. The van der Waals surface area contributed by atoms with E-state index < -0.39 is 5.97 Å². The van der Waals surface area contributed by atoms with Gasteiger partial charge in [-0.25, -0.2) is 4.79 Å². The van der Waals surface area contributed by atoms with E-state index >= 15 is 0 Å². The van der Waals surface area contributed by atoms with Gasteiger partial charge in [-0.15, -0.1) is 0 Å². The molecule has 0 amide bonds. The van der Waals surface area contributed by atoms with Crippen molar-refractivity contribution in [2.45, 2.75) is 25.9 Å². The Balaban J connectivity index is 2.09. The highest BCUT2D eigenvalue weighted by Gasteiger charge is 2.30. The van der Waals surface area contributed by atoms with Crippen LogP contribution >= 0.6 is 0 Å². The normalized spacial score (nSPS) is 24.3. The third-order valence-electron chi connectivity index (χ3n) is 3.74. The number of rotatable bonds is 4. The van der Waals surface area contributed by atoms with Gasteiger partial charge in [-0.1, -0.05) is 19.1 Å². The van der Waals surface area contributed by atoms with Gasteiger partial charge in [-0.05, 0) is 36.6 Å². The van der Waals surface area contributed by atoms with Crippen molar-refractivity contribution in [1.29, 1.82) is 0 Å². The second kappa shape index (κ2) is 5.50. The van der Waals surface area contributed by atoms with Crippen molar-refractivity contribution >= 4 is 5.97 Å². The lowest BCUT2D eigenvalue weighted by Crippen LogP contribution is -2.34. The van der Waals surface area contributed by atoms with Crippen molar-refractivity contribution in [3.63, 3.8) is 0 Å². The van der Waals surface area contributed by atoms with E-state index in [1.54, 1.807) is 18.2 Å². The zero-order valence-corrected chi connectivity index (χ0v) is 10.5. The third-order valence-corrected chi connectivity index (χ3v) is 3.74. The van der Waals surface area contributed by atoms with E-state index in [0.717, 1.165) is 18.5 Å². The number of benzene rings is 1. The van der Waals surface area contributed by atoms with Crippen LogP contribution in [-0.2, 0) is 6.54 Å². The topological polar surface area (TPSA) is 60.8 Å². The van der Waals surface area contributed by atoms with Crippen LogP contribution in [-0.4, -0.2) is 40.3 Å². The van der Waals surface area contributed by atoms with Crippen LogP contribution < -0.4 is 0 Å². The van der Waals surface area contributed by atoms with Gasteiger partial charge in [-0.3, -0.25) is 4.90 Å². The molecule has 1 fully saturated rings. The molecule has 4 heteroatoms. The molecular formula is C14H19NO3. The fourth-order valence-corrected chi connectivity index (χ4v) is 2.62. The van der Waals surface area contributed by atoms with Gasteiger partial charge in [0.15, 0.2) is 0 Å². The highest BCUT2D eigenvalue weighted by Crippen LogP contribution is 2.25. The molecule has 98 valence electrons. The summed E-state index contributed by atoms with van der Waals surface area (Å²) < 4.78 is 0. The number of aliphatic hydroxyl groups excluding tert-OH is 1. The van der Waals surface area contributed by atoms with Crippen molar-refractivity contribution in [2.75, 3.05) is 13.2 Å². The molecule has 1 heterocycles. The zero-order valence-electron chi connectivity index (χ0n) is 10.5. The molecule has 0 saturated carbocycles. The average molecular weight is 249 g/mol. The molecule has 2 N–H and O–H groups in total. The van der Waals surface area contributed by atoms with E-state index in [0.29, 0.717) is 18.0 Å². The Morgan fingerprint density at radius 3 is 2.94 bits per heavy atom. The standard InChI is InChI=1S/C14H19NO3/c1-10-5-6-15(13(10)9-16)8-11-3-2-4-12(7-11)14(17)18/h2-4,7,10,13,16H,5-6,8-9H2,1H3,(H,17,18). The van der Waals surface area contributed by atoms with Crippen molar-refractivity contribution in [3.05, 3.63) is 35.4 Å². The van der Waals surface area contributed by atoms with Crippen LogP contribution in [0, 0.1) is 5.92 Å². The van der Waals surface area contributed by atoms with E-state index in [-0.39, 0.29) is 12.6 Å². The molecule has 18 heavy (non-hydrogen) atoms. The minimum Gasteiger partial charge on any atom is -0.478 e. The number of aromatic carboxylic acids is 1. The molecule has 2 rings (SSSR count). The van der Waals surface area contributed by atoms with Gasteiger partial charge in [0.1, 0.15) is 0 Å². The summed E-state index contributed by atoms with van der Waals surface area (Å²) in [5.74, 6) is -0.400. The van der Waals surface area contributed by atoms with Crippen LogP contribution in [0.1, 0.15) is 29.3 Å². The van der Waals surface area contributed by atoms with Gasteiger partial charge in [0, 0.05) is 12.6 Å². The van der Waals surface area contributed by atoms with Crippen molar-refractivity contribution < 1.29 is 15.0 Å². The first-order chi connectivity index (χ1) is 8.61. The number of hydrogen-bond acceptors (Lipinski definition) is 3. The van der Waals surface area contributed by atoms with Crippen molar-refractivity contribution in [2.24, 2.45) is 5.92 Å². The van der Waals surface area contributed by atoms with Gasteiger partial charge in [0.05, 0.1) is 12.2 Å². The quantitative estimate of drug-likeness (QED) is 0.850. The lowest BCUT2D eigenvalue weighted by atomic mass is 10.0. The number of hydrogen-bond donors (Lipinski definition) is 2. The maximum absolute atomic E-state index is 10.9. The maximum atomic E-state index is 10.9. The molecule has 0 radical (unpaired) electrons. The first-order valence-corrected chi connectivity index (χ1v) is 6.29. The molecule has 1 aromatic carbocycles. The number of carboxylic acids is 1. The molecule has 0 bridgehead atoms. The van der Waals surface area contributed by atoms with Crippen molar-refractivity contribution in [3.8, 4) is 0 Å². The largest absolute Gasteiger partial charge is 0.478 e. The Hall–Kier alpha value is -1.39. The summed E-state index contributed by atoms with van der Waals surface area (Å²) in [7, 11) is 0. The van der Waals surface area contributed by atoms with Gasteiger partial charge in [0.2, 0.25) is 0 Å². The summed E-state index contributed by atoms with van der Waals surface area (Å²) in [5.41, 5.74) is 1.31. The van der Waals surface area contributed by atoms with E-state index in [1.807, 2.05) is 6.07 Å². The summed E-state index contributed by atoms with van der Waals surface area (Å²) in [6.45, 7) is 3.98. The summed E-state index contributed by atoms with van der Waals surface area (Å²) >= 11 is 0. The minimum atomic E-state index is -0.898. The minimum absolute atomic E-state index is 0.166. The highest BCUT2D eigenvalue weighted by molar-refractivity contribution is 5.87. The number of nitrogens with zero attached hydrogens (tertiary/aromatic N) is 1. The lowest BCUT2D eigenvalue weighted by molar-refractivity contribution is 0.0696. The van der Waals surface area contributed by atoms with E-state index in [9.17, 15) is 9.90 Å². The Morgan fingerprint density at radius 2 is 2.28 bits per heavy atom. The Labute approximate surface area is 107 Å². The maximum Gasteiger partial charge on any atom is 0.335 e. The van der Waals surface area contributed by atoms with Crippen LogP contribution in [0.3, 0.4) is 0 Å². The number of aliphatic hydroxyl groups is 1. The molecule has 1 aliphatic rings.